The Kier molecular flexibility index (Phi) is 5.22. The number of anilines is 1. The first kappa shape index (κ1) is 20.7. The van der Waals surface area contributed by atoms with Crippen molar-refractivity contribution >= 4 is 11.7 Å². The summed E-state index contributed by atoms with van der Waals surface area (Å²) in [5, 5.41) is 9.03. The van der Waals surface area contributed by atoms with Gasteiger partial charge in [-0.25, -0.2) is 4.98 Å². The van der Waals surface area contributed by atoms with Crippen LogP contribution < -0.4 is 9.64 Å². The summed E-state index contributed by atoms with van der Waals surface area (Å²) in [4.78, 5) is 26.1. The standard InChI is InChI=1S/C24H27N5O3/c1-16-7-19-13-28(14-21(16)29(19)22-4-3-17(9-25)10-27-22)23(30)15-32-24(5-6-24)18-8-20(31-2)12-26-11-18/h3-4,8,10-12,16,19,21H,5-7,13-15H2,1-2H3/t16-,19?,21?/m0/s1. The van der Waals surface area contributed by atoms with Gasteiger partial charge in [0.2, 0.25) is 5.91 Å². The van der Waals surface area contributed by atoms with E-state index in [0.29, 0.717) is 30.3 Å². The van der Waals surface area contributed by atoms with Crippen LogP contribution in [-0.4, -0.2) is 59.7 Å². The van der Waals surface area contributed by atoms with E-state index >= 15 is 0 Å². The van der Waals surface area contributed by atoms with Crippen molar-refractivity contribution in [2.45, 2.75) is 43.9 Å². The van der Waals surface area contributed by atoms with E-state index in [0.717, 1.165) is 30.6 Å². The number of fused-ring (bicyclic) bond motifs is 2. The van der Waals surface area contributed by atoms with Crippen LogP contribution in [0.2, 0.25) is 0 Å². The molecule has 0 spiro atoms. The SMILES string of the molecule is COc1cncc(C2(OCC(=O)N3CC4C[C@H](C)C(C3)N4c3ccc(C#N)cn3)CC2)c1. The van der Waals surface area contributed by atoms with E-state index in [1.54, 1.807) is 31.8 Å². The number of piperazine rings is 1. The first-order valence-electron chi connectivity index (χ1n) is 11.1. The van der Waals surface area contributed by atoms with Gasteiger partial charge in [0.1, 0.15) is 24.2 Å². The molecule has 8 heteroatoms. The van der Waals surface area contributed by atoms with Crippen LogP contribution in [0.1, 0.15) is 37.3 Å². The predicted octanol–water partition coefficient (Wildman–Crippen LogP) is 2.49. The number of hydrogen-bond acceptors (Lipinski definition) is 7. The van der Waals surface area contributed by atoms with Gasteiger partial charge in [-0.05, 0) is 43.4 Å². The van der Waals surface area contributed by atoms with Crippen molar-refractivity contribution in [3.63, 3.8) is 0 Å². The molecule has 8 nitrogen and oxygen atoms in total. The fraction of sp³-hybridized carbons (Fsp3) is 0.500. The molecule has 4 heterocycles. The Bertz CT molecular complexity index is 1050. The molecule has 3 fully saturated rings. The van der Waals surface area contributed by atoms with Gasteiger partial charge in [-0.15, -0.1) is 0 Å². The van der Waals surface area contributed by atoms with Crippen molar-refractivity contribution in [2.24, 2.45) is 5.92 Å². The monoisotopic (exact) mass is 433 g/mol. The highest BCUT2D eigenvalue weighted by Gasteiger charge is 2.49. The zero-order valence-corrected chi connectivity index (χ0v) is 18.4. The van der Waals surface area contributed by atoms with Gasteiger partial charge in [0.15, 0.2) is 0 Å². The van der Waals surface area contributed by atoms with Crippen molar-refractivity contribution in [1.29, 1.82) is 5.26 Å². The summed E-state index contributed by atoms with van der Waals surface area (Å²) in [5.74, 6) is 2.08. The lowest BCUT2D eigenvalue weighted by Crippen LogP contribution is -2.57. The number of methoxy groups -OCH3 is 1. The van der Waals surface area contributed by atoms with Crippen molar-refractivity contribution in [1.82, 2.24) is 14.9 Å². The summed E-state index contributed by atoms with van der Waals surface area (Å²) in [6.07, 6.45) is 7.88. The fourth-order valence-corrected chi connectivity index (χ4v) is 5.10. The second-order valence-corrected chi connectivity index (χ2v) is 9.05. The first-order valence-corrected chi connectivity index (χ1v) is 11.1. The number of carbonyl (C=O) groups is 1. The maximum absolute atomic E-state index is 13.1. The Morgan fingerprint density at radius 2 is 2.12 bits per heavy atom. The first-order chi connectivity index (χ1) is 15.5. The molecule has 0 radical (unpaired) electrons. The predicted molar refractivity (Wildman–Crippen MR) is 117 cm³/mol. The number of nitrogens with zero attached hydrogens (tertiary/aromatic N) is 5. The van der Waals surface area contributed by atoms with Crippen LogP contribution in [0.3, 0.4) is 0 Å². The Labute approximate surface area is 187 Å². The molecule has 0 aromatic carbocycles. The average molecular weight is 434 g/mol. The van der Waals surface area contributed by atoms with E-state index in [1.165, 1.54) is 0 Å². The summed E-state index contributed by atoms with van der Waals surface area (Å²) in [5.41, 5.74) is 1.10. The minimum atomic E-state index is -0.419. The molecule has 2 bridgehead atoms. The van der Waals surface area contributed by atoms with E-state index in [2.05, 4.69) is 27.9 Å². The number of carbonyl (C=O) groups excluding carboxylic acids is 1. The Morgan fingerprint density at radius 1 is 1.28 bits per heavy atom. The van der Waals surface area contributed by atoms with Gasteiger partial charge >= 0.3 is 0 Å². The molecule has 2 aliphatic heterocycles. The van der Waals surface area contributed by atoms with Crippen LogP contribution in [0.15, 0.2) is 36.8 Å². The zero-order chi connectivity index (χ0) is 22.3. The van der Waals surface area contributed by atoms with Crippen LogP contribution in [-0.2, 0) is 15.1 Å². The molecular weight excluding hydrogens is 406 g/mol. The number of nitriles is 1. The largest absolute Gasteiger partial charge is 0.495 e. The Hall–Kier alpha value is -3.18. The van der Waals surface area contributed by atoms with Crippen molar-refractivity contribution in [3.05, 3.63) is 47.9 Å². The highest BCUT2D eigenvalue weighted by Crippen LogP contribution is 2.49. The molecule has 3 aliphatic rings. The third-order valence-corrected chi connectivity index (χ3v) is 7.04. The quantitative estimate of drug-likeness (QED) is 0.691. The highest BCUT2D eigenvalue weighted by atomic mass is 16.5. The number of pyridine rings is 2. The van der Waals surface area contributed by atoms with Gasteiger partial charge in [0.25, 0.3) is 0 Å². The molecule has 2 aromatic rings. The van der Waals surface area contributed by atoms with E-state index in [-0.39, 0.29) is 24.6 Å². The molecule has 2 saturated heterocycles. The van der Waals surface area contributed by atoms with Crippen LogP contribution in [0.4, 0.5) is 5.82 Å². The highest BCUT2D eigenvalue weighted by molar-refractivity contribution is 5.78. The summed E-state index contributed by atoms with van der Waals surface area (Å²) in [6.45, 7) is 3.63. The molecule has 32 heavy (non-hydrogen) atoms. The molecule has 1 saturated carbocycles. The number of ether oxygens (including phenoxy) is 2. The zero-order valence-electron chi connectivity index (χ0n) is 18.4. The van der Waals surface area contributed by atoms with E-state index in [4.69, 9.17) is 14.7 Å². The summed E-state index contributed by atoms with van der Waals surface area (Å²) < 4.78 is 11.4. The Morgan fingerprint density at radius 3 is 2.78 bits per heavy atom. The van der Waals surface area contributed by atoms with E-state index < -0.39 is 5.60 Å². The summed E-state index contributed by atoms with van der Waals surface area (Å²) in [7, 11) is 1.62. The van der Waals surface area contributed by atoms with Gasteiger partial charge in [-0.3, -0.25) is 9.78 Å². The summed E-state index contributed by atoms with van der Waals surface area (Å²) >= 11 is 0. The second kappa shape index (κ2) is 8.06. The minimum Gasteiger partial charge on any atom is -0.495 e. The Balaban J connectivity index is 1.24. The molecule has 1 aliphatic carbocycles. The molecule has 0 N–H and O–H groups in total. The molecule has 1 amide bonds. The molecule has 5 rings (SSSR count). The molecule has 2 unspecified atom stereocenters. The van der Waals surface area contributed by atoms with Crippen LogP contribution in [0, 0.1) is 17.2 Å². The lowest BCUT2D eigenvalue weighted by atomic mass is 10.0. The number of amides is 1. The normalized spacial score (nSPS) is 25.3. The third kappa shape index (κ3) is 3.67. The molecule has 166 valence electrons. The fourth-order valence-electron chi connectivity index (χ4n) is 5.10. The number of likely N-dealkylation sites (tertiary alicyclic amines) is 1. The minimum absolute atomic E-state index is 0.0312. The molecule has 3 atom stereocenters. The van der Waals surface area contributed by atoms with Gasteiger partial charge < -0.3 is 19.3 Å². The molecule has 2 aromatic heterocycles. The topological polar surface area (TPSA) is 91.6 Å². The maximum Gasteiger partial charge on any atom is 0.248 e. The van der Waals surface area contributed by atoms with Crippen LogP contribution in [0.5, 0.6) is 5.75 Å². The van der Waals surface area contributed by atoms with Crippen LogP contribution >= 0.6 is 0 Å². The van der Waals surface area contributed by atoms with Crippen LogP contribution in [0.25, 0.3) is 0 Å². The lowest BCUT2D eigenvalue weighted by Gasteiger charge is -2.42. The van der Waals surface area contributed by atoms with Gasteiger partial charge in [-0.2, -0.15) is 5.26 Å². The third-order valence-electron chi connectivity index (χ3n) is 7.04. The van der Waals surface area contributed by atoms with Gasteiger partial charge in [-0.1, -0.05) is 6.92 Å². The lowest BCUT2D eigenvalue weighted by molar-refractivity contribution is -0.140. The number of hydrogen-bond donors (Lipinski definition) is 0. The van der Waals surface area contributed by atoms with Crippen molar-refractivity contribution < 1.29 is 14.3 Å². The number of aromatic nitrogens is 2. The smallest absolute Gasteiger partial charge is 0.248 e. The summed E-state index contributed by atoms with van der Waals surface area (Å²) in [6, 6.07) is 8.22. The van der Waals surface area contributed by atoms with Crippen molar-refractivity contribution in [3.8, 4) is 11.8 Å². The second-order valence-electron chi connectivity index (χ2n) is 9.05. The van der Waals surface area contributed by atoms with Crippen molar-refractivity contribution in [2.75, 3.05) is 31.7 Å². The average Bonchev–Trinajstić information content (AvgIpc) is 3.60. The molecular formula is C24H27N5O3. The van der Waals surface area contributed by atoms with Gasteiger partial charge in [0, 0.05) is 37.1 Å². The number of rotatable bonds is 6. The maximum atomic E-state index is 13.1. The van der Waals surface area contributed by atoms with E-state index in [1.807, 2.05) is 17.0 Å². The van der Waals surface area contributed by atoms with E-state index in [9.17, 15) is 4.79 Å². The van der Waals surface area contributed by atoms with Gasteiger partial charge in [0.05, 0.1) is 30.5 Å².